The molecule has 0 radical (unpaired) electrons. The van der Waals surface area contributed by atoms with Crippen LogP contribution < -0.4 is 10.1 Å². The first kappa shape index (κ1) is 16.0. The van der Waals surface area contributed by atoms with E-state index in [1.54, 1.807) is 0 Å². The molecule has 0 fully saturated rings. The average molecular weight is 263 g/mol. The molecule has 2 nitrogen and oxygen atoms in total. The number of hydrogen-bond acceptors (Lipinski definition) is 2. The third kappa shape index (κ3) is 6.11. The number of hydrogen-bond donors (Lipinski definition) is 1. The number of unbranched alkanes of at least 4 members (excludes halogenated alkanes) is 1. The Hall–Kier alpha value is -1.02. The molecule has 0 aliphatic rings. The minimum absolute atomic E-state index is 0.580. The molecule has 0 atom stereocenters. The van der Waals surface area contributed by atoms with Gasteiger partial charge in [0, 0.05) is 0 Å². The van der Waals surface area contributed by atoms with Crippen molar-refractivity contribution in [3.63, 3.8) is 0 Å². The Bertz CT molecular complexity index is 360. The molecule has 0 bridgehead atoms. The highest BCUT2D eigenvalue weighted by molar-refractivity contribution is 5.36. The van der Waals surface area contributed by atoms with Crippen LogP contribution in [0.4, 0.5) is 0 Å². The van der Waals surface area contributed by atoms with E-state index in [0.29, 0.717) is 5.92 Å². The normalized spacial score (nSPS) is 11.0. The largest absolute Gasteiger partial charge is 0.494 e. The van der Waals surface area contributed by atoms with Crippen LogP contribution in [0.25, 0.3) is 0 Å². The van der Waals surface area contributed by atoms with E-state index in [1.165, 1.54) is 24.0 Å². The van der Waals surface area contributed by atoms with Crippen molar-refractivity contribution < 1.29 is 4.74 Å². The molecular formula is C17H29NO. The predicted octanol–water partition coefficient (Wildman–Crippen LogP) is 4.28. The van der Waals surface area contributed by atoms with Gasteiger partial charge in [-0.3, -0.25) is 0 Å². The Balaban J connectivity index is 2.25. The number of nitrogens with one attached hydrogen (secondary N) is 1. The molecule has 2 heteroatoms. The van der Waals surface area contributed by atoms with Crippen LogP contribution in [0.15, 0.2) is 18.2 Å². The molecule has 0 spiro atoms. The molecular weight excluding hydrogens is 234 g/mol. The van der Waals surface area contributed by atoms with E-state index in [2.05, 4.69) is 51.2 Å². The Morgan fingerprint density at radius 3 is 2.53 bits per heavy atom. The molecule has 0 saturated heterocycles. The quantitative estimate of drug-likeness (QED) is 0.672. The van der Waals surface area contributed by atoms with E-state index >= 15 is 0 Å². The highest BCUT2D eigenvalue weighted by Gasteiger charge is 2.04. The molecule has 19 heavy (non-hydrogen) atoms. The second-order valence-corrected chi connectivity index (χ2v) is 5.48. The summed E-state index contributed by atoms with van der Waals surface area (Å²) in [5.41, 5.74) is 2.74. The number of aryl methyl sites for hydroxylation is 1. The Labute approximate surface area is 118 Å². The first-order valence-electron chi connectivity index (χ1n) is 7.59. The second kappa shape index (κ2) is 8.98. The number of rotatable bonds is 9. The van der Waals surface area contributed by atoms with Crippen LogP contribution in [0.2, 0.25) is 0 Å². The third-order valence-electron chi connectivity index (χ3n) is 3.34. The molecule has 1 aromatic rings. The van der Waals surface area contributed by atoms with Crippen LogP contribution in [-0.2, 0) is 0 Å². The van der Waals surface area contributed by atoms with E-state index in [9.17, 15) is 0 Å². The molecule has 108 valence electrons. The molecule has 0 aliphatic heterocycles. The zero-order chi connectivity index (χ0) is 14.1. The van der Waals surface area contributed by atoms with Gasteiger partial charge in [-0.15, -0.1) is 0 Å². The Kier molecular flexibility index (Phi) is 7.57. The van der Waals surface area contributed by atoms with Gasteiger partial charge in [0.25, 0.3) is 0 Å². The first-order valence-corrected chi connectivity index (χ1v) is 7.59. The van der Waals surface area contributed by atoms with Crippen LogP contribution in [0.3, 0.4) is 0 Å². The van der Waals surface area contributed by atoms with E-state index in [0.717, 1.165) is 31.9 Å². The molecule has 1 N–H and O–H groups in total. The topological polar surface area (TPSA) is 21.3 Å². The minimum Gasteiger partial charge on any atom is -0.494 e. The van der Waals surface area contributed by atoms with Gasteiger partial charge in [-0.2, -0.15) is 0 Å². The monoisotopic (exact) mass is 263 g/mol. The molecule has 0 amide bonds. The maximum Gasteiger partial charge on any atom is 0.119 e. The highest BCUT2D eigenvalue weighted by atomic mass is 16.5. The second-order valence-electron chi connectivity index (χ2n) is 5.48. The third-order valence-corrected chi connectivity index (χ3v) is 3.34. The van der Waals surface area contributed by atoms with Gasteiger partial charge in [-0.25, -0.2) is 0 Å². The average Bonchev–Trinajstić information content (AvgIpc) is 2.37. The van der Waals surface area contributed by atoms with Crippen LogP contribution in [0, 0.1) is 6.92 Å². The molecule has 0 heterocycles. The fraction of sp³-hybridized carbons (Fsp3) is 0.647. The van der Waals surface area contributed by atoms with Crippen molar-refractivity contribution >= 4 is 0 Å². The van der Waals surface area contributed by atoms with Crippen molar-refractivity contribution in [3.8, 4) is 5.75 Å². The zero-order valence-electron chi connectivity index (χ0n) is 13.0. The summed E-state index contributed by atoms with van der Waals surface area (Å²) in [5.74, 6) is 1.58. The zero-order valence-corrected chi connectivity index (χ0v) is 13.0. The van der Waals surface area contributed by atoms with E-state index in [-0.39, 0.29) is 0 Å². The van der Waals surface area contributed by atoms with E-state index < -0.39 is 0 Å². The van der Waals surface area contributed by atoms with E-state index in [4.69, 9.17) is 4.74 Å². The van der Waals surface area contributed by atoms with Gasteiger partial charge in [0.2, 0.25) is 0 Å². The summed E-state index contributed by atoms with van der Waals surface area (Å²) >= 11 is 0. The summed E-state index contributed by atoms with van der Waals surface area (Å²) < 4.78 is 5.79. The molecule has 0 unspecified atom stereocenters. The van der Waals surface area contributed by atoms with Gasteiger partial charge in [-0.05, 0) is 62.0 Å². The number of ether oxygens (including phenoxy) is 1. The van der Waals surface area contributed by atoms with Crippen LogP contribution in [0.5, 0.6) is 5.75 Å². The lowest BCUT2D eigenvalue weighted by molar-refractivity contribution is 0.308. The van der Waals surface area contributed by atoms with Gasteiger partial charge in [0.15, 0.2) is 0 Å². The highest BCUT2D eigenvalue weighted by Crippen LogP contribution is 2.23. The first-order chi connectivity index (χ1) is 9.15. The maximum atomic E-state index is 5.79. The number of benzene rings is 1. The van der Waals surface area contributed by atoms with Gasteiger partial charge in [0.1, 0.15) is 5.75 Å². The lowest BCUT2D eigenvalue weighted by atomic mass is 9.98. The smallest absolute Gasteiger partial charge is 0.119 e. The summed E-state index contributed by atoms with van der Waals surface area (Å²) in [6.45, 7) is 11.8. The Morgan fingerprint density at radius 2 is 1.89 bits per heavy atom. The fourth-order valence-corrected chi connectivity index (χ4v) is 2.20. The lowest BCUT2D eigenvalue weighted by Crippen LogP contribution is -2.18. The molecule has 1 rings (SSSR count). The van der Waals surface area contributed by atoms with Crippen LogP contribution in [0.1, 0.15) is 57.1 Å². The van der Waals surface area contributed by atoms with Crippen molar-refractivity contribution in [2.75, 3.05) is 19.7 Å². The van der Waals surface area contributed by atoms with Crippen molar-refractivity contribution in [2.45, 2.75) is 52.9 Å². The molecule has 1 aromatic carbocycles. The molecule has 0 aliphatic carbocycles. The van der Waals surface area contributed by atoms with Crippen LogP contribution in [-0.4, -0.2) is 19.7 Å². The van der Waals surface area contributed by atoms with Gasteiger partial charge in [0.05, 0.1) is 6.61 Å². The van der Waals surface area contributed by atoms with Gasteiger partial charge >= 0.3 is 0 Å². The van der Waals surface area contributed by atoms with Crippen LogP contribution >= 0.6 is 0 Å². The molecule has 0 saturated carbocycles. The summed E-state index contributed by atoms with van der Waals surface area (Å²) in [7, 11) is 0. The van der Waals surface area contributed by atoms with Crippen molar-refractivity contribution in [1.82, 2.24) is 5.32 Å². The summed E-state index contributed by atoms with van der Waals surface area (Å²) in [6.07, 6.45) is 3.58. The van der Waals surface area contributed by atoms with Crippen molar-refractivity contribution in [2.24, 2.45) is 0 Å². The SMILES string of the molecule is CCCCNCCCOc1ccc(C(C)C)c(C)c1. The van der Waals surface area contributed by atoms with Gasteiger partial charge in [-0.1, -0.05) is 33.3 Å². The van der Waals surface area contributed by atoms with Gasteiger partial charge < -0.3 is 10.1 Å². The Morgan fingerprint density at radius 1 is 1.16 bits per heavy atom. The molecule has 0 aromatic heterocycles. The standard InChI is InChI=1S/C17H29NO/c1-5-6-10-18-11-7-12-19-16-8-9-17(14(2)3)15(4)13-16/h8-9,13-14,18H,5-7,10-12H2,1-4H3. The maximum absolute atomic E-state index is 5.79. The minimum atomic E-state index is 0.580. The predicted molar refractivity (Wildman–Crippen MR) is 83.2 cm³/mol. The fourth-order valence-electron chi connectivity index (χ4n) is 2.20. The summed E-state index contributed by atoms with van der Waals surface area (Å²) in [6, 6.07) is 6.43. The van der Waals surface area contributed by atoms with Crippen molar-refractivity contribution in [1.29, 1.82) is 0 Å². The van der Waals surface area contributed by atoms with Crippen molar-refractivity contribution in [3.05, 3.63) is 29.3 Å². The summed E-state index contributed by atoms with van der Waals surface area (Å²) in [4.78, 5) is 0. The van der Waals surface area contributed by atoms with E-state index in [1.807, 2.05) is 0 Å². The summed E-state index contributed by atoms with van der Waals surface area (Å²) in [5, 5.41) is 3.43. The lowest BCUT2D eigenvalue weighted by Gasteiger charge is -2.12.